The molecule has 26 heavy (non-hydrogen) atoms. The first kappa shape index (κ1) is 16.7. The number of aromatic amines is 1. The third-order valence-electron chi connectivity index (χ3n) is 4.63. The SMILES string of the molecule is Cc1cc(C(=O)CSc2nnc(-c3c[nH]c4ccccc34)o2)c(C)n1C. The zero-order valence-corrected chi connectivity index (χ0v) is 15.6. The molecule has 4 rings (SSSR count). The highest BCUT2D eigenvalue weighted by Gasteiger charge is 2.17. The minimum absolute atomic E-state index is 0.0584. The molecule has 0 unspecified atom stereocenters. The average Bonchev–Trinajstić information content (AvgIpc) is 3.34. The molecule has 0 saturated carbocycles. The summed E-state index contributed by atoms with van der Waals surface area (Å²) in [5.74, 6) is 0.770. The molecule has 3 aromatic heterocycles. The van der Waals surface area contributed by atoms with Crippen LogP contribution in [0.25, 0.3) is 22.4 Å². The predicted octanol–water partition coefficient (Wildman–Crippen LogP) is 4.15. The van der Waals surface area contributed by atoms with E-state index in [0.717, 1.165) is 33.4 Å². The van der Waals surface area contributed by atoms with Gasteiger partial charge in [-0.3, -0.25) is 4.79 Å². The van der Waals surface area contributed by atoms with Crippen LogP contribution in [0, 0.1) is 13.8 Å². The zero-order valence-electron chi connectivity index (χ0n) is 14.7. The van der Waals surface area contributed by atoms with Crippen LogP contribution in [0.2, 0.25) is 0 Å². The average molecular weight is 366 g/mol. The van der Waals surface area contributed by atoms with Gasteiger partial charge in [-0.15, -0.1) is 10.2 Å². The van der Waals surface area contributed by atoms with Crippen LogP contribution in [-0.4, -0.2) is 31.3 Å². The fraction of sp³-hybridized carbons (Fsp3) is 0.211. The molecule has 0 spiro atoms. The van der Waals surface area contributed by atoms with Crippen molar-refractivity contribution in [2.45, 2.75) is 19.1 Å². The molecule has 0 radical (unpaired) electrons. The first-order valence-corrected chi connectivity index (χ1v) is 9.22. The standard InChI is InChI=1S/C19H18N4O2S/c1-11-8-14(12(2)23(11)3)17(24)10-26-19-22-21-18(25-19)15-9-20-16-7-5-4-6-13(15)16/h4-9,20H,10H2,1-3H3. The number of carbonyl (C=O) groups is 1. The maximum absolute atomic E-state index is 12.5. The van der Waals surface area contributed by atoms with E-state index in [1.54, 1.807) is 0 Å². The molecule has 0 saturated heterocycles. The van der Waals surface area contributed by atoms with Gasteiger partial charge in [-0.05, 0) is 26.0 Å². The van der Waals surface area contributed by atoms with Crippen LogP contribution in [0.4, 0.5) is 0 Å². The Morgan fingerprint density at radius 3 is 2.85 bits per heavy atom. The number of benzene rings is 1. The lowest BCUT2D eigenvalue weighted by Crippen LogP contribution is -2.04. The zero-order chi connectivity index (χ0) is 18.3. The molecule has 0 aliphatic heterocycles. The van der Waals surface area contributed by atoms with Gasteiger partial charge in [0.1, 0.15) is 0 Å². The summed E-state index contributed by atoms with van der Waals surface area (Å²) in [4.78, 5) is 15.7. The number of nitrogens with zero attached hydrogens (tertiary/aromatic N) is 3. The molecular weight excluding hydrogens is 348 g/mol. The Kier molecular flexibility index (Phi) is 4.16. The van der Waals surface area contributed by atoms with Crippen LogP contribution in [0.5, 0.6) is 0 Å². The van der Waals surface area contributed by atoms with Crippen LogP contribution in [0.3, 0.4) is 0 Å². The topological polar surface area (TPSA) is 76.7 Å². The number of carbonyl (C=O) groups excluding carboxylic acids is 1. The summed E-state index contributed by atoms with van der Waals surface area (Å²) in [6, 6.07) is 9.85. The third kappa shape index (κ3) is 2.84. The Morgan fingerprint density at radius 1 is 1.27 bits per heavy atom. The van der Waals surface area contributed by atoms with Crippen molar-refractivity contribution in [1.29, 1.82) is 0 Å². The minimum Gasteiger partial charge on any atom is -0.411 e. The number of aryl methyl sites for hydroxylation is 1. The van der Waals surface area contributed by atoms with Crippen LogP contribution in [-0.2, 0) is 7.05 Å². The molecule has 0 amide bonds. The first-order chi connectivity index (χ1) is 12.5. The van der Waals surface area contributed by atoms with Gasteiger partial charge in [-0.1, -0.05) is 30.0 Å². The Balaban J connectivity index is 1.50. The molecule has 6 nitrogen and oxygen atoms in total. The summed E-state index contributed by atoms with van der Waals surface area (Å²) >= 11 is 1.26. The summed E-state index contributed by atoms with van der Waals surface area (Å²) in [7, 11) is 1.96. The third-order valence-corrected chi connectivity index (χ3v) is 5.45. The normalized spacial score (nSPS) is 11.3. The van der Waals surface area contributed by atoms with Crippen molar-refractivity contribution in [3.63, 3.8) is 0 Å². The quantitative estimate of drug-likeness (QED) is 0.424. The van der Waals surface area contributed by atoms with E-state index >= 15 is 0 Å². The lowest BCUT2D eigenvalue weighted by molar-refractivity contribution is 0.102. The van der Waals surface area contributed by atoms with E-state index in [-0.39, 0.29) is 11.5 Å². The van der Waals surface area contributed by atoms with Gasteiger partial charge in [0.25, 0.3) is 11.1 Å². The van der Waals surface area contributed by atoms with Gasteiger partial charge in [0.15, 0.2) is 5.78 Å². The Labute approximate surface area is 154 Å². The van der Waals surface area contributed by atoms with Crippen molar-refractivity contribution in [2.75, 3.05) is 5.75 Å². The van der Waals surface area contributed by atoms with Crippen molar-refractivity contribution in [1.82, 2.24) is 19.7 Å². The Bertz CT molecular complexity index is 1110. The second-order valence-electron chi connectivity index (χ2n) is 6.18. The molecule has 132 valence electrons. The fourth-order valence-corrected chi connectivity index (χ4v) is 3.61. The van der Waals surface area contributed by atoms with Crippen molar-refractivity contribution in [2.24, 2.45) is 7.05 Å². The highest BCUT2D eigenvalue weighted by atomic mass is 32.2. The molecule has 1 aromatic carbocycles. The number of ketones is 1. The van der Waals surface area contributed by atoms with Crippen molar-refractivity contribution in [3.05, 3.63) is 53.5 Å². The number of Topliss-reactive ketones (excluding diaryl/α,β-unsaturated/α-hetero) is 1. The number of hydrogen-bond acceptors (Lipinski definition) is 5. The van der Waals surface area contributed by atoms with Crippen LogP contribution in [0.1, 0.15) is 21.7 Å². The van der Waals surface area contributed by atoms with E-state index in [0.29, 0.717) is 11.1 Å². The summed E-state index contributed by atoms with van der Waals surface area (Å²) in [6.45, 7) is 3.94. The summed E-state index contributed by atoms with van der Waals surface area (Å²) in [5.41, 5.74) is 4.66. The second kappa shape index (κ2) is 6.49. The molecule has 7 heteroatoms. The predicted molar refractivity (Wildman–Crippen MR) is 102 cm³/mol. The molecule has 0 aliphatic carbocycles. The number of aromatic nitrogens is 4. The Morgan fingerprint density at radius 2 is 2.08 bits per heavy atom. The lowest BCUT2D eigenvalue weighted by atomic mass is 10.2. The number of hydrogen-bond donors (Lipinski definition) is 1. The van der Waals surface area contributed by atoms with E-state index < -0.39 is 0 Å². The number of thioether (sulfide) groups is 1. The molecule has 4 aromatic rings. The van der Waals surface area contributed by atoms with Crippen LogP contribution < -0.4 is 0 Å². The molecule has 0 aliphatic rings. The van der Waals surface area contributed by atoms with Crippen LogP contribution in [0.15, 0.2) is 46.2 Å². The summed E-state index contributed by atoms with van der Waals surface area (Å²) in [6.07, 6.45) is 1.86. The van der Waals surface area contributed by atoms with E-state index in [9.17, 15) is 4.79 Å². The van der Waals surface area contributed by atoms with E-state index in [2.05, 4.69) is 15.2 Å². The molecular formula is C19H18N4O2S. The van der Waals surface area contributed by atoms with Gasteiger partial charge in [0, 0.05) is 41.1 Å². The molecule has 0 bridgehead atoms. The van der Waals surface area contributed by atoms with Crippen molar-refractivity contribution >= 4 is 28.4 Å². The first-order valence-electron chi connectivity index (χ1n) is 8.23. The van der Waals surface area contributed by atoms with E-state index in [4.69, 9.17) is 4.42 Å². The summed E-state index contributed by atoms with van der Waals surface area (Å²) in [5, 5.41) is 9.61. The summed E-state index contributed by atoms with van der Waals surface area (Å²) < 4.78 is 7.76. The fourth-order valence-electron chi connectivity index (χ4n) is 2.97. The van der Waals surface area contributed by atoms with Gasteiger partial charge in [-0.2, -0.15) is 0 Å². The van der Waals surface area contributed by atoms with E-state index in [1.807, 2.05) is 62.0 Å². The number of para-hydroxylation sites is 1. The maximum atomic E-state index is 12.5. The van der Waals surface area contributed by atoms with Crippen molar-refractivity contribution in [3.8, 4) is 11.5 Å². The monoisotopic (exact) mass is 366 g/mol. The highest BCUT2D eigenvalue weighted by Crippen LogP contribution is 2.29. The smallest absolute Gasteiger partial charge is 0.277 e. The highest BCUT2D eigenvalue weighted by molar-refractivity contribution is 7.99. The van der Waals surface area contributed by atoms with Gasteiger partial charge >= 0.3 is 0 Å². The van der Waals surface area contributed by atoms with Gasteiger partial charge < -0.3 is 14.0 Å². The van der Waals surface area contributed by atoms with Gasteiger partial charge in [-0.25, -0.2) is 0 Å². The minimum atomic E-state index is 0.0584. The number of nitrogens with one attached hydrogen (secondary N) is 1. The molecule has 0 atom stereocenters. The molecule has 1 N–H and O–H groups in total. The Hall–Kier alpha value is -2.80. The maximum Gasteiger partial charge on any atom is 0.277 e. The molecule has 0 fully saturated rings. The number of rotatable bonds is 5. The van der Waals surface area contributed by atoms with Gasteiger partial charge in [0.2, 0.25) is 0 Å². The van der Waals surface area contributed by atoms with Crippen molar-refractivity contribution < 1.29 is 9.21 Å². The van der Waals surface area contributed by atoms with Gasteiger partial charge in [0.05, 0.1) is 11.3 Å². The molecule has 3 heterocycles. The van der Waals surface area contributed by atoms with E-state index in [1.165, 1.54) is 11.8 Å². The number of fused-ring (bicyclic) bond motifs is 1. The number of H-pyrrole nitrogens is 1. The van der Waals surface area contributed by atoms with Crippen LogP contribution >= 0.6 is 11.8 Å². The lowest BCUT2D eigenvalue weighted by Gasteiger charge is -2.01. The second-order valence-corrected chi connectivity index (χ2v) is 7.10. The largest absolute Gasteiger partial charge is 0.411 e.